The molecule has 0 saturated heterocycles. The molecule has 0 bridgehead atoms. The van der Waals surface area contributed by atoms with Gasteiger partial charge in [-0.1, -0.05) is 72.8 Å². The van der Waals surface area contributed by atoms with Crippen LogP contribution in [0.2, 0.25) is 0 Å². The third-order valence-electron chi connectivity index (χ3n) is 5.88. The van der Waals surface area contributed by atoms with E-state index in [9.17, 15) is 18.0 Å². The Morgan fingerprint density at radius 1 is 0.829 bits per heavy atom. The fourth-order valence-corrected chi connectivity index (χ4v) is 5.28. The molecule has 0 aliphatic heterocycles. The zero-order valence-corrected chi connectivity index (χ0v) is 23.3. The van der Waals surface area contributed by atoms with E-state index in [-0.39, 0.29) is 17.3 Å². The number of hydrazone groups is 1. The van der Waals surface area contributed by atoms with Crippen LogP contribution in [0.25, 0.3) is 0 Å². The van der Waals surface area contributed by atoms with Gasteiger partial charge in [0, 0.05) is 24.7 Å². The van der Waals surface area contributed by atoms with E-state index in [0.29, 0.717) is 29.2 Å². The van der Waals surface area contributed by atoms with Crippen LogP contribution in [0.4, 0.5) is 5.69 Å². The Hall–Kier alpha value is -4.80. The highest BCUT2D eigenvalue weighted by Crippen LogP contribution is 2.21. The summed E-state index contributed by atoms with van der Waals surface area (Å²) in [6.45, 7) is 1.25. The van der Waals surface area contributed by atoms with Gasteiger partial charge in [-0.25, -0.2) is 13.8 Å². The number of ether oxygens (including phenoxy) is 1. The van der Waals surface area contributed by atoms with E-state index in [1.165, 1.54) is 37.4 Å². The summed E-state index contributed by atoms with van der Waals surface area (Å²) in [6.07, 6.45) is 1.45. The summed E-state index contributed by atoms with van der Waals surface area (Å²) < 4.78 is 34.1. The van der Waals surface area contributed by atoms with Gasteiger partial charge in [0.25, 0.3) is 5.91 Å². The number of hydrogen-bond donors (Lipinski definition) is 2. The SMILES string of the molecule is CC(=O)Nc1ccc(S(=O)(=O)N(CC(=O)N/N=C\c2ccccc2OCc2ccccc2)Cc2ccccc2)cc1. The molecule has 2 N–H and O–H groups in total. The molecular formula is C31H30N4O5S. The minimum atomic E-state index is -4.07. The van der Waals surface area contributed by atoms with Gasteiger partial charge < -0.3 is 10.1 Å². The summed E-state index contributed by atoms with van der Waals surface area (Å²) in [7, 11) is -4.07. The van der Waals surface area contributed by atoms with Crippen LogP contribution < -0.4 is 15.5 Å². The molecule has 0 heterocycles. The predicted octanol–water partition coefficient (Wildman–Crippen LogP) is 4.57. The topological polar surface area (TPSA) is 117 Å². The zero-order chi connectivity index (χ0) is 29.1. The molecule has 10 heteroatoms. The number of nitrogens with one attached hydrogen (secondary N) is 2. The van der Waals surface area contributed by atoms with Crippen molar-refractivity contribution in [1.82, 2.24) is 9.73 Å². The van der Waals surface area contributed by atoms with Crippen molar-refractivity contribution in [3.05, 3.63) is 126 Å². The van der Waals surface area contributed by atoms with E-state index in [4.69, 9.17) is 4.74 Å². The number of carbonyl (C=O) groups is 2. The van der Waals surface area contributed by atoms with Crippen LogP contribution in [-0.4, -0.2) is 37.3 Å². The highest BCUT2D eigenvalue weighted by atomic mass is 32.2. The second-order valence-corrected chi connectivity index (χ2v) is 11.0. The highest BCUT2D eigenvalue weighted by Gasteiger charge is 2.27. The van der Waals surface area contributed by atoms with Crippen molar-refractivity contribution < 1.29 is 22.7 Å². The van der Waals surface area contributed by atoms with Crippen molar-refractivity contribution >= 4 is 33.7 Å². The van der Waals surface area contributed by atoms with Crippen LogP contribution in [0, 0.1) is 0 Å². The normalized spacial score (nSPS) is 11.4. The minimum absolute atomic E-state index is 0.0108. The molecule has 0 spiro atoms. The van der Waals surface area contributed by atoms with Gasteiger partial charge in [-0.05, 0) is 47.5 Å². The van der Waals surface area contributed by atoms with Gasteiger partial charge in [0.05, 0.1) is 17.7 Å². The second-order valence-electron chi connectivity index (χ2n) is 9.07. The first-order chi connectivity index (χ1) is 19.8. The maximum Gasteiger partial charge on any atom is 0.255 e. The molecule has 41 heavy (non-hydrogen) atoms. The number of sulfonamides is 1. The average molecular weight is 571 g/mol. The van der Waals surface area contributed by atoms with Crippen LogP contribution in [0.15, 0.2) is 119 Å². The number of para-hydroxylation sites is 1. The summed E-state index contributed by atoms with van der Waals surface area (Å²) in [5.74, 6) is -0.294. The molecule has 0 aliphatic rings. The number of hydrogen-bond acceptors (Lipinski definition) is 6. The van der Waals surface area contributed by atoms with Crippen molar-refractivity contribution in [2.24, 2.45) is 5.10 Å². The molecule has 0 fully saturated rings. The van der Waals surface area contributed by atoms with E-state index >= 15 is 0 Å². The average Bonchev–Trinajstić information content (AvgIpc) is 2.97. The van der Waals surface area contributed by atoms with E-state index < -0.39 is 22.5 Å². The van der Waals surface area contributed by atoms with Gasteiger partial charge in [-0.3, -0.25) is 9.59 Å². The van der Waals surface area contributed by atoms with Crippen molar-refractivity contribution in [2.45, 2.75) is 25.0 Å². The van der Waals surface area contributed by atoms with Gasteiger partial charge in [0.1, 0.15) is 12.4 Å². The first kappa shape index (κ1) is 29.2. The summed E-state index contributed by atoms with van der Waals surface area (Å²) in [6, 6.07) is 31.7. The van der Waals surface area contributed by atoms with Gasteiger partial charge in [0.15, 0.2) is 0 Å². The lowest BCUT2D eigenvalue weighted by molar-refractivity contribution is -0.121. The summed E-state index contributed by atoms with van der Waals surface area (Å²) in [5.41, 5.74) is 5.26. The molecule has 2 amide bonds. The zero-order valence-electron chi connectivity index (χ0n) is 22.4. The van der Waals surface area contributed by atoms with Gasteiger partial charge in [-0.15, -0.1) is 0 Å². The lowest BCUT2D eigenvalue weighted by atomic mass is 10.2. The first-order valence-electron chi connectivity index (χ1n) is 12.8. The molecule has 0 radical (unpaired) electrons. The third-order valence-corrected chi connectivity index (χ3v) is 7.69. The number of rotatable bonds is 12. The molecule has 9 nitrogen and oxygen atoms in total. The first-order valence-corrected chi connectivity index (χ1v) is 14.2. The predicted molar refractivity (Wildman–Crippen MR) is 158 cm³/mol. The van der Waals surface area contributed by atoms with E-state index in [1.54, 1.807) is 36.4 Å². The quantitative estimate of drug-likeness (QED) is 0.191. The molecule has 0 saturated carbocycles. The van der Waals surface area contributed by atoms with Crippen molar-refractivity contribution in [3.63, 3.8) is 0 Å². The monoisotopic (exact) mass is 570 g/mol. The van der Waals surface area contributed by atoms with Crippen LogP contribution in [0.1, 0.15) is 23.6 Å². The lowest BCUT2D eigenvalue weighted by Crippen LogP contribution is -2.39. The molecule has 4 aromatic carbocycles. The van der Waals surface area contributed by atoms with Crippen molar-refractivity contribution in [2.75, 3.05) is 11.9 Å². The number of anilines is 1. The molecule has 4 aromatic rings. The number of amides is 2. The molecule has 0 aromatic heterocycles. The minimum Gasteiger partial charge on any atom is -0.488 e. The number of nitrogens with zero attached hydrogens (tertiary/aromatic N) is 2. The van der Waals surface area contributed by atoms with Gasteiger partial charge in [-0.2, -0.15) is 9.41 Å². The van der Waals surface area contributed by atoms with Gasteiger partial charge in [0.2, 0.25) is 15.9 Å². The molecule has 0 aliphatic carbocycles. The molecule has 210 valence electrons. The van der Waals surface area contributed by atoms with Crippen LogP contribution in [0.3, 0.4) is 0 Å². The Morgan fingerprint density at radius 2 is 1.44 bits per heavy atom. The van der Waals surface area contributed by atoms with E-state index in [0.717, 1.165) is 9.87 Å². The van der Waals surface area contributed by atoms with Crippen molar-refractivity contribution in [1.29, 1.82) is 0 Å². The maximum absolute atomic E-state index is 13.5. The Bertz CT molecular complexity index is 1590. The second kappa shape index (κ2) is 14.0. The molecule has 0 atom stereocenters. The van der Waals surface area contributed by atoms with Gasteiger partial charge >= 0.3 is 0 Å². The van der Waals surface area contributed by atoms with E-state index in [2.05, 4.69) is 15.8 Å². The Kier molecular flexibility index (Phi) is 9.98. The lowest BCUT2D eigenvalue weighted by Gasteiger charge is -2.21. The van der Waals surface area contributed by atoms with Crippen LogP contribution >= 0.6 is 0 Å². The number of benzene rings is 4. The molecule has 0 unspecified atom stereocenters. The Morgan fingerprint density at radius 3 is 2.10 bits per heavy atom. The standard InChI is InChI=1S/C31H30N4O5S/c1-24(36)33-28-16-18-29(19-17-28)41(38,39)35(21-25-10-4-2-5-11-25)22-31(37)34-32-20-27-14-8-9-15-30(27)40-23-26-12-6-3-7-13-26/h2-20H,21-23H2,1H3,(H,33,36)(H,34,37)/b32-20-. The van der Waals surface area contributed by atoms with Crippen LogP contribution in [0.5, 0.6) is 5.75 Å². The third kappa shape index (κ3) is 8.59. The summed E-state index contributed by atoms with van der Waals surface area (Å²) >= 11 is 0. The summed E-state index contributed by atoms with van der Waals surface area (Å²) in [5, 5.41) is 6.65. The smallest absolute Gasteiger partial charge is 0.255 e. The molecule has 4 rings (SSSR count). The van der Waals surface area contributed by atoms with Crippen molar-refractivity contribution in [3.8, 4) is 5.75 Å². The van der Waals surface area contributed by atoms with Crippen LogP contribution in [-0.2, 0) is 32.8 Å². The fraction of sp³-hybridized carbons (Fsp3) is 0.129. The Balaban J connectivity index is 1.46. The van der Waals surface area contributed by atoms with E-state index in [1.807, 2.05) is 48.5 Å². The largest absolute Gasteiger partial charge is 0.488 e. The summed E-state index contributed by atoms with van der Waals surface area (Å²) in [4.78, 5) is 24.2. The molecular weight excluding hydrogens is 540 g/mol. The fourth-order valence-electron chi connectivity index (χ4n) is 3.90. The maximum atomic E-state index is 13.5. The number of carbonyl (C=O) groups excluding carboxylic acids is 2. The Labute approximate surface area is 239 Å². The highest BCUT2D eigenvalue weighted by molar-refractivity contribution is 7.89.